The number of nitrogens with zero attached hydrogens (tertiary/aromatic N) is 2. The quantitative estimate of drug-likeness (QED) is 0.213. The van der Waals surface area contributed by atoms with E-state index in [1.165, 1.54) is 22.3 Å². The summed E-state index contributed by atoms with van der Waals surface area (Å²) in [5, 5.41) is 0. The van der Waals surface area contributed by atoms with Crippen LogP contribution in [-0.2, 0) is 38.2 Å². The van der Waals surface area contributed by atoms with Gasteiger partial charge in [0.15, 0.2) is 0 Å². The van der Waals surface area contributed by atoms with E-state index in [0.29, 0.717) is 0 Å². The normalized spacial score (nSPS) is 13.7. The molecule has 0 aromatic heterocycles. The van der Waals surface area contributed by atoms with Crippen molar-refractivity contribution in [3.05, 3.63) is 66.1 Å². The third kappa shape index (κ3) is 8.69. The molecule has 0 fully saturated rings. The Morgan fingerprint density at radius 2 is 0.778 bits per heavy atom. The molecule has 0 atom stereocenters. The van der Waals surface area contributed by atoms with Gasteiger partial charge >= 0.3 is 16.5 Å². The minimum atomic E-state index is 0. The van der Waals surface area contributed by atoms with Gasteiger partial charge in [-0.1, -0.05) is 107 Å². The predicted octanol–water partition coefficient (Wildman–Crippen LogP) is 10.2. The van der Waals surface area contributed by atoms with Gasteiger partial charge in [0, 0.05) is 0 Å². The van der Waals surface area contributed by atoms with Gasteiger partial charge in [0.2, 0.25) is 0 Å². The summed E-state index contributed by atoms with van der Waals surface area (Å²) in [6.07, 6.45) is 0. The van der Waals surface area contributed by atoms with Gasteiger partial charge in [0.1, 0.15) is 0 Å². The van der Waals surface area contributed by atoms with Crippen molar-refractivity contribution in [1.29, 1.82) is 0 Å². The summed E-state index contributed by atoms with van der Waals surface area (Å²) < 4.78 is 0. The molecule has 2 rings (SSSR count). The first-order valence-electron chi connectivity index (χ1n) is 12.6. The molecule has 2 aromatic rings. The smallest absolute Gasteiger partial charge is 0.358 e. The molecule has 0 saturated carbocycles. The van der Waals surface area contributed by atoms with Crippen LogP contribution < -0.4 is 0 Å². The van der Waals surface area contributed by atoms with Crippen LogP contribution in [0, 0.1) is 7.43 Å². The van der Waals surface area contributed by atoms with Gasteiger partial charge in [-0.2, -0.15) is 0 Å². The molecule has 0 saturated heterocycles. The van der Waals surface area contributed by atoms with E-state index in [1.54, 1.807) is 0 Å². The van der Waals surface area contributed by atoms with Crippen molar-refractivity contribution < 1.29 is 16.5 Å². The van der Waals surface area contributed by atoms with Gasteiger partial charge in [-0.15, -0.1) is 0 Å². The molecule has 0 aliphatic heterocycles. The number of hydrogen-bond acceptors (Lipinski definition) is 2. The van der Waals surface area contributed by atoms with Crippen LogP contribution in [0.5, 0.6) is 0 Å². The average molecular weight is 534 g/mol. The fourth-order valence-corrected chi connectivity index (χ4v) is 3.97. The predicted molar refractivity (Wildman–Crippen MR) is 160 cm³/mol. The van der Waals surface area contributed by atoms with Crippen LogP contribution in [0.3, 0.4) is 0 Å². The molecule has 2 nitrogen and oxygen atoms in total. The van der Waals surface area contributed by atoms with E-state index < -0.39 is 0 Å². The van der Waals surface area contributed by atoms with E-state index in [9.17, 15) is 0 Å². The zero-order valence-electron chi connectivity index (χ0n) is 25.7. The summed E-state index contributed by atoms with van der Waals surface area (Å²) >= 11 is 0. The Hall–Kier alpha value is -1.73. The van der Waals surface area contributed by atoms with Gasteiger partial charge in [-0.3, -0.25) is 9.98 Å². The van der Waals surface area contributed by atoms with Crippen molar-refractivity contribution in [3.63, 3.8) is 0 Å². The van der Waals surface area contributed by atoms with Crippen molar-refractivity contribution in [2.75, 3.05) is 0 Å². The molecule has 0 amide bonds. The van der Waals surface area contributed by atoms with E-state index in [4.69, 9.17) is 9.98 Å². The van der Waals surface area contributed by atoms with E-state index in [1.807, 2.05) is 0 Å². The molecule has 0 unspecified atom stereocenters. The third-order valence-electron chi connectivity index (χ3n) is 6.44. The van der Waals surface area contributed by atoms with Crippen molar-refractivity contribution in [2.24, 2.45) is 9.98 Å². The number of hydrogen-bond donors (Lipinski definition) is 0. The van der Waals surface area contributed by atoms with Gasteiger partial charge in [0.25, 0.3) is 0 Å². The monoisotopic (exact) mass is 533 g/mol. The van der Waals surface area contributed by atoms with Gasteiger partial charge < -0.3 is 7.43 Å². The van der Waals surface area contributed by atoms with Crippen molar-refractivity contribution in [1.82, 2.24) is 0 Å². The second-order valence-corrected chi connectivity index (χ2v) is 13.9. The molecule has 202 valence electrons. The minimum Gasteiger partial charge on any atom is -0.358 e. The third-order valence-corrected chi connectivity index (χ3v) is 6.44. The standard InChI is InChI=1S/C32H48N2.CH3.Ni/c1-21(33-27-19-23(29(3,4)5)15-17-25(27)31(9,10)11)22(2)34-28-20-24(30(6,7)8)16-18-26(28)32(12,13)14;;/h15-20H,1-14H3;1H3;/q;-1;+2. The first-order chi connectivity index (χ1) is 15.2. The van der Waals surface area contributed by atoms with Gasteiger partial charge in [0.05, 0.1) is 22.8 Å². The topological polar surface area (TPSA) is 24.7 Å². The Kier molecular flexibility index (Phi) is 11.2. The van der Waals surface area contributed by atoms with Crippen LogP contribution in [0.15, 0.2) is 46.4 Å². The summed E-state index contributed by atoms with van der Waals surface area (Å²) in [5.74, 6) is 0. The van der Waals surface area contributed by atoms with E-state index in [-0.39, 0.29) is 45.6 Å². The molecular weight excluding hydrogens is 483 g/mol. The SMILES string of the molecule is CC(=Nc1cc(C(C)(C)C)ccc1C(C)(C)C)C(C)=Nc1cc(C(C)(C)C)ccc1C(C)(C)C.[CH3-].[Ni+2]. The van der Waals surface area contributed by atoms with E-state index in [0.717, 1.165) is 22.8 Å². The maximum absolute atomic E-state index is 5.14. The van der Waals surface area contributed by atoms with Crippen LogP contribution in [0.25, 0.3) is 0 Å². The Balaban J connectivity index is 0.00000612. The van der Waals surface area contributed by atoms with E-state index >= 15 is 0 Å². The summed E-state index contributed by atoms with van der Waals surface area (Å²) in [5.41, 5.74) is 9.31. The van der Waals surface area contributed by atoms with Crippen molar-refractivity contribution in [2.45, 2.75) is 119 Å². The molecule has 0 N–H and O–H groups in total. The summed E-state index contributed by atoms with van der Waals surface area (Å²) in [6.45, 7) is 31.2. The first-order valence-corrected chi connectivity index (χ1v) is 12.6. The van der Waals surface area contributed by atoms with Crippen LogP contribution in [0.4, 0.5) is 11.4 Å². The number of aliphatic imine (C=N–C) groups is 2. The molecule has 2 aromatic carbocycles. The molecule has 0 bridgehead atoms. The number of benzene rings is 2. The molecule has 0 aliphatic rings. The van der Waals surface area contributed by atoms with Crippen molar-refractivity contribution >= 4 is 22.8 Å². The van der Waals surface area contributed by atoms with Crippen molar-refractivity contribution in [3.8, 4) is 0 Å². The summed E-state index contributed by atoms with van der Waals surface area (Å²) in [6, 6.07) is 13.5. The average Bonchev–Trinajstić information content (AvgIpc) is 2.64. The fourth-order valence-electron chi connectivity index (χ4n) is 3.97. The van der Waals surface area contributed by atoms with Crippen LogP contribution in [0.2, 0.25) is 0 Å². The molecule has 0 aliphatic carbocycles. The molecule has 36 heavy (non-hydrogen) atoms. The van der Waals surface area contributed by atoms with Crippen LogP contribution >= 0.6 is 0 Å². The molecule has 0 heterocycles. The minimum absolute atomic E-state index is 0. The maximum Gasteiger partial charge on any atom is 2.00 e. The summed E-state index contributed by atoms with van der Waals surface area (Å²) in [7, 11) is 0. The maximum atomic E-state index is 5.14. The second-order valence-electron chi connectivity index (χ2n) is 13.9. The fraction of sp³-hybridized carbons (Fsp3) is 0.545. The van der Waals surface area contributed by atoms with E-state index in [2.05, 4.69) is 133 Å². The molecule has 0 radical (unpaired) electrons. The van der Waals surface area contributed by atoms with Gasteiger partial charge in [-0.25, -0.2) is 0 Å². The second kappa shape index (κ2) is 11.8. The molecular formula is C33H51N2Ni+. The van der Waals surface area contributed by atoms with Crippen LogP contribution in [0.1, 0.15) is 119 Å². The zero-order chi connectivity index (χ0) is 26.3. The molecule has 3 heteroatoms. The Bertz CT molecular complexity index is 1000. The molecule has 0 spiro atoms. The summed E-state index contributed by atoms with van der Waals surface area (Å²) in [4.78, 5) is 10.3. The van der Waals surface area contributed by atoms with Gasteiger partial charge in [-0.05, 0) is 69.9 Å². The largest absolute Gasteiger partial charge is 2.00 e. The Labute approximate surface area is 233 Å². The number of rotatable bonds is 3. The Morgan fingerprint density at radius 1 is 0.500 bits per heavy atom. The Morgan fingerprint density at radius 3 is 1.00 bits per heavy atom. The van der Waals surface area contributed by atoms with Crippen LogP contribution in [-0.4, -0.2) is 11.4 Å². The first kappa shape index (κ1) is 34.3. The zero-order valence-corrected chi connectivity index (χ0v) is 26.7.